The lowest BCUT2D eigenvalue weighted by Crippen LogP contribution is -2.27. The smallest absolute Gasteiger partial charge is 0.254 e. The number of aryl methyl sites for hydroxylation is 1. The summed E-state index contributed by atoms with van der Waals surface area (Å²) in [6.45, 7) is 2.91. The summed E-state index contributed by atoms with van der Waals surface area (Å²) in [6.07, 6.45) is 2.98. The lowest BCUT2D eigenvalue weighted by atomic mass is 10.2. The van der Waals surface area contributed by atoms with Gasteiger partial charge in [0.25, 0.3) is 5.91 Å². The second kappa shape index (κ2) is 7.86. The molecule has 1 heterocycles. The molecule has 0 saturated carbocycles. The molecule has 1 amide bonds. The molecular formula is C15H17BrN4O2. The Hall–Kier alpha value is -1.99. The van der Waals surface area contributed by atoms with Crippen molar-refractivity contribution in [1.29, 1.82) is 0 Å². The molecule has 2 rings (SSSR count). The molecule has 0 atom stereocenters. The second-order valence-electron chi connectivity index (χ2n) is 4.63. The first-order chi connectivity index (χ1) is 10.6. The molecule has 0 aliphatic rings. The van der Waals surface area contributed by atoms with Crippen LogP contribution in [0, 0.1) is 6.92 Å². The third-order valence-electron chi connectivity index (χ3n) is 2.94. The zero-order valence-corrected chi connectivity index (χ0v) is 14.0. The Labute approximate surface area is 137 Å². The number of ether oxygens (including phenoxy) is 1. The molecule has 0 spiro atoms. The second-order valence-corrected chi connectivity index (χ2v) is 5.54. The largest absolute Gasteiger partial charge is 0.383 e. The van der Waals surface area contributed by atoms with E-state index in [9.17, 15) is 4.79 Å². The van der Waals surface area contributed by atoms with E-state index in [4.69, 9.17) is 4.74 Å². The number of nitrogens with zero attached hydrogens (tertiary/aromatic N) is 2. The van der Waals surface area contributed by atoms with Gasteiger partial charge >= 0.3 is 0 Å². The standard InChI is InChI=1S/C15H17BrN4O2/c1-10-7-12(16)3-4-13(10)20-15-18-8-11(9-19-15)14(21)17-5-6-22-2/h3-4,7-9H,5-6H2,1-2H3,(H,17,21)(H,18,19,20). The Bertz CT molecular complexity index is 646. The highest BCUT2D eigenvalue weighted by atomic mass is 79.9. The van der Waals surface area contributed by atoms with Gasteiger partial charge in [0.15, 0.2) is 0 Å². The van der Waals surface area contributed by atoms with Crippen LogP contribution in [0.15, 0.2) is 35.1 Å². The monoisotopic (exact) mass is 364 g/mol. The first kappa shape index (κ1) is 16.4. The lowest BCUT2D eigenvalue weighted by molar-refractivity contribution is 0.0936. The molecule has 6 nitrogen and oxygen atoms in total. The van der Waals surface area contributed by atoms with Gasteiger partial charge in [0.05, 0.1) is 12.2 Å². The number of methoxy groups -OCH3 is 1. The van der Waals surface area contributed by atoms with Gasteiger partial charge in [-0.2, -0.15) is 0 Å². The SMILES string of the molecule is COCCNC(=O)c1cnc(Nc2ccc(Br)cc2C)nc1. The van der Waals surface area contributed by atoms with E-state index in [-0.39, 0.29) is 5.91 Å². The highest BCUT2D eigenvalue weighted by molar-refractivity contribution is 9.10. The Morgan fingerprint density at radius 1 is 1.32 bits per heavy atom. The number of carbonyl (C=O) groups excluding carboxylic acids is 1. The number of hydrogen-bond acceptors (Lipinski definition) is 5. The summed E-state index contributed by atoms with van der Waals surface area (Å²) in [7, 11) is 1.58. The van der Waals surface area contributed by atoms with Gasteiger partial charge in [-0.05, 0) is 30.7 Å². The van der Waals surface area contributed by atoms with Gasteiger partial charge in [-0.1, -0.05) is 15.9 Å². The van der Waals surface area contributed by atoms with Crippen molar-refractivity contribution in [2.45, 2.75) is 6.92 Å². The fourth-order valence-electron chi connectivity index (χ4n) is 1.77. The van der Waals surface area contributed by atoms with Crippen molar-refractivity contribution in [2.75, 3.05) is 25.6 Å². The van der Waals surface area contributed by atoms with Crippen LogP contribution >= 0.6 is 15.9 Å². The lowest BCUT2D eigenvalue weighted by Gasteiger charge is -2.09. The van der Waals surface area contributed by atoms with E-state index in [0.29, 0.717) is 24.7 Å². The van der Waals surface area contributed by atoms with Gasteiger partial charge in [0.1, 0.15) is 0 Å². The van der Waals surface area contributed by atoms with Crippen LogP contribution in [0.5, 0.6) is 0 Å². The minimum absolute atomic E-state index is 0.219. The van der Waals surface area contributed by atoms with Crippen molar-refractivity contribution < 1.29 is 9.53 Å². The van der Waals surface area contributed by atoms with E-state index in [1.165, 1.54) is 12.4 Å². The van der Waals surface area contributed by atoms with Crippen LogP contribution in [0.25, 0.3) is 0 Å². The Morgan fingerprint density at radius 3 is 2.68 bits per heavy atom. The number of amides is 1. The molecule has 1 aromatic heterocycles. The predicted octanol–water partition coefficient (Wildman–Crippen LogP) is 2.67. The van der Waals surface area contributed by atoms with Crippen LogP contribution in [-0.4, -0.2) is 36.1 Å². The number of anilines is 2. The zero-order chi connectivity index (χ0) is 15.9. The van der Waals surface area contributed by atoms with Crippen molar-refractivity contribution >= 4 is 33.5 Å². The summed E-state index contributed by atoms with van der Waals surface area (Å²) in [5.41, 5.74) is 2.40. The predicted molar refractivity (Wildman–Crippen MR) is 88.4 cm³/mol. The zero-order valence-electron chi connectivity index (χ0n) is 12.4. The maximum Gasteiger partial charge on any atom is 0.254 e. The van der Waals surface area contributed by atoms with Crippen LogP contribution in [0.2, 0.25) is 0 Å². The average Bonchev–Trinajstić information content (AvgIpc) is 2.51. The fraction of sp³-hybridized carbons (Fsp3) is 0.267. The Morgan fingerprint density at radius 2 is 2.05 bits per heavy atom. The third-order valence-corrected chi connectivity index (χ3v) is 3.43. The van der Waals surface area contributed by atoms with Gasteiger partial charge in [-0.3, -0.25) is 4.79 Å². The van der Waals surface area contributed by atoms with E-state index < -0.39 is 0 Å². The van der Waals surface area contributed by atoms with Crippen molar-refractivity contribution in [3.8, 4) is 0 Å². The molecule has 116 valence electrons. The molecule has 0 saturated heterocycles. The van der Waals surface area contributed by atoms with Crippen LogP contribution in [0.1, 0.15) is 15.9 Å². The molecule has 1 aromatic carbocycles. The molecule has 0 radical (unpaired) electrons. The van der Waals surface area contributed by atoms with Crippen molar-refractivity contribution in [3.05, 3.63) is 46.2 Å². The van der Waals surface area contributed by atoms with Crippen molar-refractivity contribution in [3.63, 3.8) is 0 Å². The van der Waals surface area contributed by atoms with E-state index in [1.54, 1.807) is 7.11 Å². The molecule has 22 heavy (non-hydrogen) atoms. The number of aromatic nitrogens is 2. The molecule has 2 aromatic rings. The van der Waals surface area contributed by atoms with Crippen LogP contribution in [-0.2, 0) is 4.74 Å². The maximum absolute atomic E-state index is 11.8. The summed E-state index contributed by atoms with van der Waals surface area (Å²) < 4.78 is 5.89. The number of rotatable bonds is 6. The number of hydrogen-bond donors (Lipinski definition) is 2. The van der Waals surface area contributed by atoms with E-state index in [0.717, 1.165) is 15.7 Å². The van der Waals surface area contributed by atoms with Crippen LogP contribution in [0.3, 0.4) is 0 Å². The number of halogens is 1. The fourth-order valence-corrected chi connectivity index (χ4v) is 2.24. The van der Waals surface area contributed by atoms with Crippen LogP contribution in [0.4, 0.5) is 11.6 Å². The van der Waals surface area contributed by atoms with E-state index in [1.807, 2.05) is 25.1 Å². The summed E-state index contributed by atoms with van der Waals surface area (Å²) in [5.74, 6) is 0.224. The minimum atomic E-state index is -0.219. The number of nitrogens with one attached hydrogen (secondary N) is 2. The Kier molecular flexibility index (Phi) is 5.85. The quantitative estimate of drug-likeness (QED) is 0.770. The molecule has 0 unspecified atom stereocenters. The third kappa shape index (κ3) is 4.51. The van der Waals surface area contributed by atoms with Gasteiger partial charge < -0.3 is 15.4 Å². The number of benzene rings is 1. The molecule has 0 aliphatic carbocycles. The highest BCUT2D eigenvalue weighted by Gasteiger charge is 2.07. The van der Waals surface area contributed by atoms with E-state index in [2.05, 4.69) is 36.5 Å². The van der Waals surface area contributed by atoms with Gasteiger partial charge in [-0.15, -0.1) is 0 Å². The summed E-state index contributed by atoms with van der Waals surface area (Å²) in [4.78, 5) is 20.1. The summed E-state index contributed by atoms with van der Waals surface area (Å²) >= 11 is 3.42. The molecule has 7 heteroatoms. The van der Waals surface area contributed by atoms with Crippen molar-refractivity contribution in [1.82, 2.24) is 15.3 Å². The summed E-state index contributed by atoms with van der Waals surface area (Å²) in [5, 5.41) is 5.84. The van der Waals surface area contributed by atoms with Gasteiger partial charge in [-0.25, -0.2) is 9.97 Å². The minimum Gasteiger partial charge on any atom is -0.383 e. The Balaban J connectivity index is 2.01. The highest BCUT2D eigenvalue weighted by Crippen LogP contribution is 2.22. The number of carbonyl (C=O) groups is 1. The molecule has 0 bridgehead atoms. The van der Waals surface area contributed by atoms with Crippen LogP contribution < -0.4 is 10.6 Å². The van der Waals surface area contributed by atoms with E-state index >= 15 is 0 Å². The maximum atomic E-state index is 11.8. The average molecular weight is 365 g/mol. The van der Waals surface area contributed by atoms with Gasteiger partial charge in [0.2, 0.25) is 5.95 Å². The van der Waals surface area contributed by atoms with Crippen molar-refractivity contribution in [2.24, 2.45) is 0 Å². The molecule has 0 fully saturated rings. The summed E-state index contributed by atoms with van der Waals surface area (Å²) in [6, 6.07) is 5.88. The first-order valence-electron chi connectivity index (χ1n) is 6.72. The molecule has 0 aliphatic heterocycles. The topological polar surface area (TPSA) is 76.1 Å². The molecular weight excluding hydrogens is 348 g/mol. The molecule has 2 N–H and O–H groups in total. The van der Waals surface area contributed by atoms with Gasteiger partial charge in [0, 0.05) is 36.2 Å². The normalized spacial score (nSPS) is 10.3. The first-order valence-corrected chi connectivity index (χ1v) is 7.52.